The van der Waals surface area contributed by atoms with Gasteiger partial charge in [-0.05, 0) is 18.1 Å². The Morgan fingerprint density at radius 2 is 1.73 bits per heavy atom. The fraction of sp³-hybridized carbons (Fsp3) is 0.176. The molecule has 5 heteroatoms. The van der Waals surface area contributed by atoms with E-state index in [1.807, 2.05) is 30.3 Å². The monoisotopic (exact) mass is 297 g/mol. The molecule has 0 aliphatic heterocycles. The number of nitrogens with two attached hydrogens (primary N) is 1. The fourth-order valence-corrected chi connectivity index (χ4v) is 2.29. The Bertz CT molecular complexity index is 742. The molecule has 0 aliphatic carbocycles. The maximum Gasteiger partial charge on any atom is 0.228 e. The number of hydrogen-bond acceptors (Lipinski definition) is 4. The Hall–Kier alpha value is -2.53. The molecule has 0 aliphatic rings. The zero-order valence-corrected chi connectivity index (χ0v) is 11.9. The predicted octanol–water partition coefficient (Wildman–Crippen LogP) is 2.99. The Labute approximate surface area is 127 Å². The van der Waals surface area contributed by atoms with Crippen LogP contribution in [0.25, 0.3) is 11.4 Å². The summed E-state index contributed by atoms with van der Waals surface area (Å²) in [5, 5.41) is 3.95. The van der Waals surface area contributed by atoms with Crippen molar-refractivity contribution in [3.63, 3.8) is 0 Å². The fourth-order valence-electron chi connectivity index (χ4n) is 2.29. The second kappa shape index (κ2) is 6.49. The molecule has 2 N–H and O–H groups in total. The summed E-state index contributed by atoms with van der Waals surface area (Å²) in [4.78, 5) is 4.33. The minimum absolute atomic E-state index is 0.242. The number of nitrogens with zero attached hydrogens (tertiary/aromatic N) is 2. The van der Waals surface area contributed by atoms with Crippen LogP contribution in [0.4, 0.5) is 4.39 Å². The molecule has 0 spiro atoms. The molecule has 4 nitrogen and oxygen atoms in total. The first-order valence-electron chi connectivity index (χ1n) is 7.09. The minimum Gasteiger partial charge on any atom is -0.339 e. The molecule has 112 valence electrons. The Morgan fingerprint density at radius 3 is 2.50 bits per heavy atom. The summed E-state index contributed by atoms with van der Waals surface area (Å²) >= 11 is 0. The van der Waals surface area contributed by atoms with Gasteiger partial charge in [0, 0.05) is 18.0 Å². The van der Waals surface area contributed by atoms with Crippen LogP contribution in [-0.2, 0) is 12.8 Å². The molecule has 0 amide bonds. The van der Waals surface area contributed by atoms with Gasteiger partial charge in [-0.3, -0.25) is 0 Å². The second-order valence-electron chi connectivity index (χ2n) is 5.14. The molecule has 0 fully saturated rings. The SMILES string of the molecule is N[C@@H](Cc1nc(-c2ccccc2)no1)Cc1ccccc1F. The van der Waals surface area contributed by atoms with Crippen LogP contribution >= 0.6 is 0 Å². The highest BCUT2D eigenvalue weighted by Gasteiger charge is 2.14. The summed E-state index contributed by atoms with van der Waals surface area (Å²) in [6.45, 7) is 0. The topological polar surface area (TPSA) is 64.9 Å². The van der Waals surface area contributed by atoms with Crippen molar-refractivity contribution in [3.05, 3.63) is 71.9 Å². The number of rotatable bonds is 5. The van der Waals surface area contributed by atoms with Crippen molar-refractivity contribution in [1.29, 1.82) is 0 Å². The highest BCUT2D eigenvalue weighted by Crippen LogP contribution is 2.16. The van der Waals surface area contributed by atoms with Crippen molar-refractivity contribution < 1.29 is 8.91 Å². The van der Waals surface area contributed by atoms with E-state index in [-0.39, 0.29) is 11.9 Å². The van der Waals surface area contributed by atoms with Crippen LogP contribution in [-0.4, -0.2) is 16.2 Å². The van der Waals surface area contributed by atoms with Crippen molar-refractivity contribution >= 4 is 0 Å². The summed E-state index contributed by atoms with van der Waals surface area (Å²) < 4.78 is 18.8. The van der Waals surface area contributed by atoms with Crippen LogP contribution < -0.4 is 5.73 Å². The van der Waals surface area contributed by atoms with E-state index in [1.54, 1.807) is 18.2 Å². The van der Waals surface area contributed by atoms with E-state index in [4.69, 9.17) is 10.3 Å². The van der Waals surface area contributed by atoms with Crippen LogP contribution in [0.2, 0.25) is 0 Å². The van der Waals surface area contributed by atoms with E-state index in [0.29, 0.717) is 30.1 Å². The summed E-state index contributed by atoms with van der Waals surface area (Å²) in [6.07, 6.45) is 0.837. The quantitative estimate of drug-likeness (QED) is 0.786. The van der Waals surface area contributed by atoms with Gasteiger partial charge in [-0.25, -0.2) is 4.39 Å². The highest BCUT2D eigenvalue weighted by atomic mass is 19.1. The molecule has 3 aromatic rings. The first-order chi connectivity index (χ1) is 10.7. The van der Waals surface area contributed by atoms with Gasteiger partial charge in [0.2, 0.25) is 11.7 Å². The van der Waals surface area contributed by atoms with Crippen molar-refractivity contribution in [1.82, 2.24) is 10.1 Å². The van der Waals surface area contributed by atoms with E-state index >= 15 is 0 Å². The van der Waals surface area contributed by atoms with Gasteiger partial charge in [-0.15, -0.1) is 0 Å². The summed E-state index contributed by atoms with van der Waals surface area (Å²) in [5.74, 6) is 0.754. The zero-order chi connectivity index (χ0) is 15.4. The van der Waals surface area contributed by atoms with Crippen molar-refractivity contribution in [2.45, 2.75) is 18.9 Å². The lowest BCUT2D eigenvalue weighted by Gasteiger charge is -2.09. The predicted molar refractivity (Wildman–Crippen MR) is 81.5 cm³/mol. The molecular weight excluding hydrogens is 281 g/mol. The lowest BCUT2D eigenvalue weighted by Crippen LogP contribution is -2.26. The Kier molecular flexibility index (Phi) is 4.25. The number of benzene rings is 2. The first-order valence-corrected chi connectivity index (χ1v) is 7.09. The third kappa shape index (κ3) is 3.38. The average Bonchev–Trinajstić information content (AvgIpc) is 2.99. The normalized spacial score (nSPS) is 12.3. The maximum atomic E-state index is 13.6. The summed E-state index contributed by atoms with van der Waals surface area (Å²) in [5.41, 5.74) is 7.54. The van der Waals surface area contributed by atoms with Gasteiger partial charge in [0.25, 0.3) is 0 Å². The molecule has 1 heterocycles. The van der Waals surface area contributed by atoms with Crippen molar-refractivity contribution in [3.8, 4) is 11.4 Å². The van der Waals surface area contributed by atoms with Gasteiger partial charge < -0.3 is 10.3 Å². The summed E-state index contributed by atoms with van der Waals surface area (Å²) in [6, 6.07) is 15.9. The van der Waals surface area contributed by atoms with Gasteiger partial charge >= 0.3 is 0 Å². The van der Waals surface area contributed by atoms with E-state index in [2.05, 4.69) is 10.1 Å². The van der Waals surface area contributed by atoms with E-state index < -0.39 is 0 Å². The summed E-state index contributed by atoms with van der Waals surface area (Å²) in [7, 11) is 0. The van der Waals surface area contributed by atoms with Crippen LogP contribution in [0.1, 0.15) is 11.5 Å². The molecular formula is C17H16FN3O. The number of halogens is 1. The molecule has 0 saturated carbocycles. The van der Waals surface area contributed by atoms with Crippen LogP contribution in [0, 0.1) is 5.82 Å². The van der Waals surface area contributed by atoms with Gasteiger partial charge in [-0.2, -0.15) is 4.98 Å². The molecule has 3 rings (SSSR count). The van der Waals surface area contributed by atoms with Gasteiger partial charge in [0.05, 0.1) is 0 Å². The van der Waals surface area contributed by atoms with Crippen molar-refractivity contribution in [2.75, 3.05) is 0 Å². The van der Waals surface area contributed by atoms with Crippen LogP contribution in [0.3, 0.4) is 0 Å². The molecule has 0 bridgehead atoms. The molecule has 1 aromatic heterocycles. The standard InChI is InChI=1S/C17H16FN3O/c18-15-9-5-4-8-13(15)10-14(19)11-16-20-17(21-22-16)12-6-2-1-3-7-12/h1-9,14H,10-11,19H2/t14-/m1/s1. The third-order valence-electron chi connectivity index (χ3n) is 3.38. The molecule has 2 aromatic carbocycles. The van der Waals surface area contributed by atoms with Gasteiger partial charge in [0.1, 0.15) is 5.82 Å². The van der Waals surface area contributed by atoms with Gasteiger partial charge in [-0.1, -0.05) is 53.7 Å². The molecule has 22 heavy (non-hydrogen) atoms. The largest absolute Gasteiger partial charge is 0.339 e. The van der Waals surface area contributed by atoms with Crippen LogP contribution in [0.5, 0.6) is 0 Å². The number of aromatic nitrogens is 2. The third-order valence-corrected chi connectivity index (χ3v) is 3.38. The average molecular weight is 297 g/mol. The lowest BCUT2D eigenvalue weighted by atomic mass is 10.0. The molecule has 0 radical (unpaired) electrons. The van der Waals surface area contributed by atoms with Gasteiger partial charge in [0.15, 0.2) is 0 Å². The minimum atomic E-state index is -0.277. The maximum absolute atomic E-state index is 13.6. The smallest absolute Gasteiger partial charge is 0.228 e. The molecule has 1 atom stereocenters. The zero-order valence-electron chi connectivity index (χ0n) is 11.9. The highest BCUT2D eigenvalue weighted by molar-refractivity contribution is 5.53. The number of hydrogen-bond donors (Lipinski definition) is 1. The van der Waals surface area contributed by atoms with Crippen molar-refractivity contribution in [2.24, 2.45) is 5.73 Å². The molecule has 0 saturated heterocycles. The van der Waals surface area contributed by atoms with E-state index in [0.717, 1.165) is 5.56 Å². The second-order valence-corrected chi connectivity index (χ2v) is 5.14. The first kappa shape index (κ1) is 14.4. The van der Waals surface area contributed by atoms with E-state index in [9.17, 15) is 4.39 Å². The molecule has 0 unspecified atom stereocenters. The lowest BCUT2D eigenvalue weighted by molar-refractivity contribution is 0.368. The van der Waals surface area contributed by atoms with Crippen LogP contribution in [0.15, 0.2) is 59.1 Å². The Balaban J connectivity index is 1.66. The Morgan fingerprint density at radius 1 is 1.00 bits per heavy atom. The van der Waals surface area contributed by atoms with E-state index in [1.165, 1.54) is 6.07 Å².